The average Bonchev–Trinajstić information content (AvgIpc) is 3.39. The molecule has 4 aromatic heterocycles. The molecule has 7 aromatic rings. The fourth-order valence-electron chi connectivity index (χ4n) is 9.02. The van der Waals surface area contributed by atoms with Crippen molar-refractivity contribution in [2.75, 3.05) is 73.0 Å². The van der Waals surface area contributed by atoms with Crippen LogP contribution in [0.1, 0.15) is 56.8 Å². The van der Waals surface area contributed by atoms with Crippen LogP contribution in [0.5, 0.6) is 5.88 Å². The van der Waals surface area contributed by atoms with E-state index in [0.717, 1.165) is 140 Å². The van der Waals surface area contributed by atoms with E-state index in [1.165, 1.54) is 17.2 Å². The minimum atomic E-state index is -0.137. The largest absolute Gasteiger partial charge is 0.473 e. The van der Waals surface area contributed by atoms with Crippen molar-refractivity contribution < 1.29 is 14.2 Å². The van der Waals surface area contributed by atoms with E-state index in [0.29, 0.717) is 24.9 Å². The van der Waals surface area contributed by atoms with Gasteiger partial charge < -0.3 is 50.3 Å². The van der Waals surface area contributed by atoms with Crippen LogP contribution in [0.15, 0.2) is 120 Å². The minimum absolute atomic E-state index is 0. The van der Waals surface area contributed by atoms with E-state index < -0.39 is 0 Å². The van der Waals surface area contributed by atoms with Gasteiger partial charge in [-0.2, -0.15) is 4.98 Å². The van der Waals surface area contributed by atoms with E-state index in [1.54, 1.807) is 6.07 Å². The van der Waals surface area contributed by atoms with Gasteiger partial charge in [-0.05, 0) is 106 Å². The molecule has 11 rings (SSSR count). The number of ether oxygens (including phenoxy) is 3. The van der Waals surface area contributed by atoms with E-state index in [4.69, 9.17) is 34.1 Å². The molecule has 16 nitrogen and oxygen atoms in total. The molecule has 2 atom stereocenters. The van der Waals surface area contributed by atoms with Gasteiger partial charge in [-0.1, -0.05) is 57.3 Å². The Morgan fingerprint density at radius 3 is 1.72 bits per heavy atom. The molecule has 370 valence electrons. The smallest absolute Gasteiger partial charge is 0.249 e. The van der Waals surface area contributed by atoms with Crippen molar-refractivity contribution in [1.29, 1.82) is 0 Å². The molecular formula is C55H66N12O4. The number of aromatic amines is 1. The molecule has 0 unspecified atom stereocenters. The predicted octanol–water partition coefficient (Wildman–Crippen LogP) is 8.45. The monoisotopic (exact) mass is 959 g/mol. The number of nitrogens with one attached hydrogen (secondary N) is 5. The standard InChI is InChI=1S/C30H32N6O2.C23H26N6O2.2CH4/c1-21-19-37-17-16-36(21)30-25-14-15-31-18-26(25)33-29(35-30)23-10-12-24(13-11-23)32-27-8-5-9-28(34-27)38-20-22-6-3-2-4-7-22;1-15-14-31-12-11-29(15)23-18-9-10-24-13-19(18)26-22(28-23)16-5-7-17(8-6-16)25-20-3-2-4-21(30)27-20;;/h2-13,21,31H,14-20H2,1H3,(H,32,34);2-8,15,24H,9-14H2,1H3,(H2,25,27,30);2*1H4/t21-;15-;;/m00../s1. The lowest BCUT2D eigenvalue weighted by Crippen LogP contribution is -2.45. The Kier molecular flexibility index (Phi) is 16.7. The summed E-state index contributed by atoms with van der Waals surface area (Å²) in [6, 6.07) is 37.6. The predicted molar refractivity (Wildman–Crippen MR) is 283 cm³/mol. The van der Waals surface area contributed by atoms with Crippen molar-refractivity contribution in [3.05, 3.63) is 154 Å². The summed E-state index contributed by atoms with van der Waals surface area (Å²) in [5, 5.41) is 13.5. The van der Waals surface area contributed by atoms with Crippen LogP contribution in [0, 0.1) is 0 Å². The number of H-pyrrole nitrogens is 1. The lowest BCUT2D eigenvalue weighted by molar-refractivity contribution is 0.0983. The third-order valence-electron chi connectivity index (χ3n) is 12.7. The summed E-state index contributed by atoms with van der Waals surface area (Å²) in [6.07, 6.45) is 1.88. The van der Waals surface area contributed by atoms with Gasteiger partial charge in [0.25, 0.3) is 0 Å². The van der Waals surface area contributed by atoms with Gasteiger partial charge in [0.05, 0.1) is 49.9 Å². The summed E-state index contributed by atoms with van der Waals surface area (Å²) >= 11 is 0. The van der Waals surface area contributed by atoms with Crippen LogP contribution in [0.25, 0.3) is 22.8 Å². The van der Waals surface area contributed by atoms with Crippen LogP contribution in [-0.4, -0.2) is 94.6 Å². The lowest BCUT2D eigenvalue weighted by Gasteiger charge is -2.36. The van der Waals surface area contributed by atoms with Crippen LogP contribution in [0.4, 0.5) is 34.6 Å². The molecule has 2 saturated heterocycles. The number of hydrogen-bond donors (Lipinski definition) is 5. The van der Waals surface area contributed by atoms with Gasteiger partial charge in [0, 0.05) is 71.9 Å². The van der Waals surface area contributed by atoms with Gasteiger partial charge in [-0.15, -0.1) is 0 Å². The van der Waals surface area contributed by atoms with Gasteiger partial charge >= 0.3 is 0 Å². The van der Waals surface area contributed by atoms with Crippen molar-refractivity contribution in [2.45, 2.75) is 73.3 Å². The Hall–Kier alpha value is -7.24. The topological polar surface area (TPSA) is 180 Å². The molecule has 71 heavy (non-hydrogen) atoms. The van der Waals surface area contributed by atoms with Gasteiger partial charge in [0.2, 0.25) is 11.4 Å². The zero-order valence-electron chi connectivity index (χ0n) is 39.1. The number of benzene rings is 3. The van der Waals surface area contributed by atoms with Gasteiger partial charge in [-0.3, -0.25) is 4.79 Å². The zero-order chi connectivity index (χ0) is 46.9. The fraction of sp³-hybridized carbons (Fsp3) is 0.345. The number of nitrogens with zero attached hydrogens (tertiary/aromatic N) is 7. The molecule has 8 heterocycles. The summed E-state index contributed by atoms with van der Waals surface area (Å²) in [5.41, 5.74) is 9.42. The van der Waals surface area contributed by atoms with Crippen molar-refractivity contribution in [1.82, 2.24) is 40.5 Å². The number of aromatic nitrogens is 6. The molecule has 16 heteroatoms. The number of anilines is 6. The van der Waals surface area contributed by atoms with Crippen LogP contribution in [0.2, 0.25) is 0 Å². The van der Waals surface area contributed by atoms with Crippen molar-refractivity contribution in [3.8, 4) is 28.7 Å². The molecule has 0 bridgehead atoms. The van der Waals surface area contributed by atoms with E-state index in [1.807, 2.05) is 91.0 Å². The summed E-state index contributed by atoms with van der Waals surface area (Å²) in [4.78, 5) is 43.6. The second-order valence-electron chi connectivity index (χ2n) is 17.6. The highest BCUT2D eigenvalue weighted by Gasteiger charge is 2.29. The first-order valence-electron chi connectivity index (χ1n) is 23.9. The quantitative estimate of drug-likeness (QED) is 0.0833. The van der Waals surface area contributed by atoms with E-state index in [9.17, 15) is 4.79 Å². The zero-order valence-corrected chi connectivity index (χ0v) is 39.1. The summed E-state index contributed by atoms with van der Waals surface area (Å²) in [7, 11) is 0. The summed E-state index contributed by atoms with van der Waals surface area (Å²) in [6.45, 7) is 12.9. The first kappa shape index (κ1) is 50.2. The van der Waals surface area contributed by atoms with E-state index >= 15 is 0 Å². The first-order valence-corrected chi connectivity index (χ1v) is 23.9. The second kappa shape index (κ2) is 23.6. The van der Waals surface area contributed by atoms with Gasteiger partial charge in [-0.25, -0.2) is 19.9 Å². The third kappa shape index (κ3) is 12.2. The number of morpholine rings is 2. The molecule has 2 fully saturated rings. The van der Waals surface area contributed by atoms with E-state index in [-0.39, 0.29) is 32.5 Å². The maximum atomic E-state index is 11.5. The number of hydrogen-bond acceptors (Lipinski definition) is 15. The molecule has 3 aromatic carbocycles. The molecule has 0 saturated carbocycles. The van der Waals surface area contributed by atoms with Crippen molar-refractivity contribution in [2.24, 2.45) is 0 Å². The molecule has 0 aliphatic carbocycles. The number of pyridine rings is 2. The van der Waals surface area contributed by atoms with E-state index in [2.05, 4.69) is 67.0 Å². The highest BCUT2D eigenvalue weighted by molar-refractivity contribution is 5.67. The molecule has 0 spiro atoms. The molecule has 4 aliphatic heterocycles. The van der Waals surface area contributed by atoms with Crippen LogP contribution >= 0.6 is 0 Å². The molecule has 5 N–H and O–H groups in total. The SMILES string of the molecule is C.C.C[C@H]1COCCN1c1nc(-c2ccc(Nc3cccc(=O)[nH]3)cc2)nc2c1CCNC2.C[C@H]1COCCN1c1nc(-c2ccc(Nc3cccc(OCc4ccccc4)n3)cc2)nc2c1CCNC2. The Morgan fingerprint density at radius 2 is 1.17 bits per heavy atom. The first-order chi connectivity index (χ1) is 33.9. The van der Waals surface area contributed by atoms with Crippen molar-refractivity contribution >= 4 is 34.6 Å². The van der Waals surface area contributed by atoms with Crippen LogP contribution < -0.4 is 41.4 Å². The highest BCUT2D eigenvalue weighted by atomic mass is 16.5. The van der Waals surface area contributed by atoms with Crippen LogP contribution in [-0.2, 0) is 42.0 Å². The summed E-state index contributed by atoms with van der Waals surface area (Å²) in [5.74, 6) is 5.54. The Morgan fingerprint density at radius 1 is 0.620 bits per heavy atom. The normalized spacial score (nSPS) is 17.2. The average molecular weight is 959 g/mol. The van der Waals surface area contributed by atoms with Gasteiger partial charge in [0.1, 0.15) is 29.9 Å². The van der Waals surface area contributed by atoms with Crippen molar-refractivity contribution in [3.63, 3.8) is 0 Å². The minimum Gasteiger partial charge on any atom is -0.473 e. The Labute approximate surface area is 416 Å². The third-order valence-corrected chi connectivity index (χ3v) is 12.7. The highest BCUT2D eigenvalue weighted by Crippen LogP contribution is 2.32. The molecule has 4 aliphatic rings. The lowest BCUT2D eigenvalue weighted by atomic mass is 10.0. The Balaban J connectivity index is 0.000000189. The van der Waals surface area contributed by atoms with Crippen LogP contribution in [0.3, 0.4) is 0 Å². The Bertz CT molecular complexity index is 2900. The summed E-state index contributed by atoms with van der Waals surface area (Å²) < 4.78 is 17.2. The molecule has 0 amide bonds. The maximum Gasteiger partial charge on any atom is 0.249 e. The molecular weight excluding hydrogens is 893 g/mol. The number of fused-ring (bicyclic) bond motifs is 2. The molecule has 0 radical (unpaired) electrons. The number of rotatable bonds is 11. The maximum absolute atomic E-state index is 11.5. The van der Waals surface area contributed by atoms with Gasteiger partial charge in [0.15, 0.2) is 11.6 Å². The second-order valence-corrected chi connectivity index (χ2v) is 17.6. The fourth-order valence-corrected chi connectivity index (χ4v) is 9.02.